The Morgan fingerprint density at radius 1 is 0.931 bits per heavy atom. The van der Waals surface area contributed by atoms with Crippen LogP contribution in [0.3, 0.4) is 0 Å². The third-order valence-electron chi connectivity index (χ3n) is 4.46. The van der Waals surface area contributed by atoms with Gasteiger partial charge in [-0.25, -0.2) is 4.98 Å². The van der Waals surface area contributed by atoms with Gasteiger partial charge in [-0.05, 0) is 34.9 Å². The van der Waals surface area contributed by atoms with E-state index in [0.717, 1.165) is 31.9 Å². The fourth-order valence-electron chi connectivity index (χ4n) is 3.05. The van der Waals surface area contributed by atoms with Crippen molar-refractivity contribution >= 4 is 33.2 Å². The summed E-state index contributed by atoms with van der Waals surface area (Å²) in [5.74, 6) is -0.255. The van der Waals surface area contributed by atoms with Crippen LogP contribution in [0.4, 0.5) is 0 Å². The summed E-state index contributed by atoms with van der Waals surface area (Å²) in [6, 6.07) is 19.9. The minimum Gasteiger partial charge on any atom is -0.349 e. The molecule has 0 saturated carbocycles. The molecule has 0 aliphatic rings. The maximum absolute atomic E-state index is 12.2. The number of fused-ring (bicyclic) bond motifs is 1. The van der Waals surface area contributed by atoms with Crippen LogP contribution in [0.25, 0.3) is 21.3 Å². The fourth-order valence-corrected chi connectivity index (χ4v) is 4.05. The van der Waals surface area contributed by atoms with E-state index < -0.39 is 0 Å². The van der Waals surface area contributed by atoms with E-state index in [1.807, 2.05) is 36.4 Å². The van der Waals surface area contributed by atoms with E-state index in [-0.39, 0.29) is 31.1 Å². The lowest BCUT2D eigenvalue weighted by Gasteiger charge is -2.03. The summed E-state index contributed by atoms with van der Waals surface area (Å²) < 4.78 is 1.04. The van der Waals surface area contributed by atoms with Crippen molar-refractivity contribution in [1.29, 1.82) is 0 Å². The van der Waals surface area contributed by atoms with Crippen molar-refractivity contribution in [2.24, 2.45) is 0 Å². The van der Waals surface area contributed by atoms with Crippen LogP contribution in [0.15, 0.2) is 73.1 Å². The molecular weight excluding hydrogens is 382 g/mol. The second-order valence-corrected chi connectivity index (χ2v) is 7.80. The molecule has 2 heterocycles. The van der Waals surface area contributed by atoms with Crippen LogP contribution < -0.4 is 5.32 Å². The summed E-state index contributed by atoms with van der Waals surface area (Å²) >= 11 is 1.51. The summed E-state index contributed by atoms with van der Waals surface area (Å²) in [4.78, 5) is 32.8. The Morgan fingerprint density at radius 3 is 2.59 bits per heavy atom. The number of thiazole rings is 1. The number of aromatic nitrogens is 2. The Balaban J connectivity index is 1.36. The summed E-state index contributed by atoms with van der Waals surface area (Å²) in [7, 11) is 0. The van der Waals surface area contributed by atoms with Gasteiger partial charge in [-0.1, -0.05) is 42.5 Å². The van der Waals surface area contributed by atoms with Gasteiger partial charge in [-0.15, -0.1) is 11.3 Å². The number of nitrogens with one attached hydrogen (secondary N) is 1. The van der Waals surface area contributed by atoms with E-state index in [0.29, 0.717) is 0 Å². The standard InChI is InChI=1S/C23H19N3O2S/c27-19(11-16-5-4-10-24-14-16)15-25-22(28)13-23-26-20-9-8-18(12-21(20)29-23)17-6-2-1-3-7-17/h1-10,12,14H,11,13,15H2,(H,25,28). The predicted molar refractivity (Wildman–Crippen MR) is 115 cm³/mol. The number of rotatable bonds is 7. The van der Waals surface area contributed by atoms with Crippen molar-refractivity contribution in [1.82, 2.24) is 15.3 Å². The third kappa shape index (κ3) is 4.92. The van der Waals surface area contributed by atoms with Crippen molar-refractivity contribution < 1.29 is 9.59 Å². The Labute approximate surface area is 172 Å². The highest BCUT2D eigenvalue weighted by Gasteiger charge is 2.12. The quantitative estimate of drug-likeness (QED) is 0.511. The van der Waals surface area contributed by atoms with Crippen LogP contribution in [0, 0.1) is 0 Å². The summed E-state index contributed by atoms with van der Waals surface area (Å²) in [5, 5.41) is 3.43. The highest BCUT2D eigenvalue weighted by atomic mass is 32.1. The second-order valence-electron chi connectivity index (χ2n) is 6.69. The number of nitrogens with zero attached hydrogens (tertiary/aromatic N) is 2. The zero-order chi connectivity index (χ0) is 20.1. The molecule has 0 atom stereocenters. The Bertz CT molecular complexity index is 1140. The van der Waals surface area contributed by atoms with Gasteiger partial charge in [-0.2, -0.15) is 0 Å². The highest BCUT2D eigenvalue weighted by molar-refractivity contribution is 7.18. The van der Waals surface area contributed by atoms with Crippen LogP contribution in [0.1, 0.15) is 10.6 Å². The first-order valence-corrected chi connectivity index (χ1v) is 10.1. The first-order chi connectivity index (χ1) is 14.2. The van der Waals surface area contributed by atoms with Crippen molar-refractivity contribution in [3.63, 3.8) is 0 Å². The molecular formula is C23H19N3O2S. The van der Waals surface area contributed by atoms with Gasteiger partial charge in [0.25, 0.3) is 0 Å². The van der Waals surface area contributed by atoms with Crippen LogP contribution in [0.2, 0.25) is 0 Å². The maximum atomic E-state index is 12.2. The largest absolute Gasteiger partial charge is 0.349 e. The highest BCUT2D eigenvalue weighted by Crippen LogP contribution is 2.28. The molecule has 6 heteroatoms. The Kier molecular flexibility index (Phi) is 5.72. The molecule has 0 unspecified atom stereocenters. The van der Waals surface area contributed by atoms with Crippen LogP contribution in [0.5, 0.6) is 0 Å². The number of benzene rings is 2. The van der Waals surface area contributed by atoms with Crippen molar-refractivity contribution in [3.05, 3.63) is 83.6 Å². The average Bonchev–Trinajstić information content (AvgIpc) is 3.15. The Hall–Kier alpha value is -3.38. The smallest absolute Gasteiger partial charge is 0.227 e. The number of ketones is 1. The van der Waals surface area contributed by atoms with E-state index in [4.69, 9.17) is 0 Å². The van der Waals surface area contributed by atoms with Crippen molar-refractivity contribution in [3.8, 4) is 11.1 Å². The lowest BCUT2D eigenvalue weighted by atomic mass is 10.1. The average molecular weight is 401 g/mol. The first-order valence-electron chi connectivity index (χ1n) is 9.29. The minimum atomic E-state index is -0.202. The third-order valence-corrected chi connectivity index (χ3v) is 5.48. The summed E-state index contributed by atoms with van der Waals surface area (Å²) in [6.07, 6.45) is 3.75. The zero-order valence-electron chi connectivity index (χ0n) is 15.7. The summed E-state index contributed by atoms with van der Waals surface area (Å²) in [6.45, 7) is 0.0107. The number of hydrogen-bond acceptors (Lipinski definition) is 5. The molecule has 0 aliphatic heterocycles. The van der Waals surface area contributed by atoms with Gasteiger partial charge in [-0.3, -0.25) is 14.6 Å². The minimum absolute atomic E-state index is 0.0107. The maximum Gasteiger partial charge on any atom is 0.227 e. The molecule has 29 heavy (non-hydrogen) atoms. The molecule has 0 fully saturated rings. The van der Waals surface area contributed by atoms with E-state index in [9.17, 15) is 9.59 Å². The monoisotopic (exact) mass is 401 g/mol. The van der Waals surface area contributed by atoms with Crippen LogP contribution in [-0.4, -0.2) is 28.2 Å². The van der Waals surface area contributed by atoms with Gasteiger partial charge in [0.2, 0.25) is 5.91 Å². The SMILES string of the molecule is O=C(CNC(=O)Cc1nc2ccc(-c3ccccc3)cc2s1)Cc1cccnc1. The van der Waals surface area contributed by atoms with Crippen molar-refractivity contribution in [2.45, 2.75) is 12.8 Å². The normalized spacial score (nSPS) is 10.8. The molecule has 4 rings (SSSR count). The number of Topliss-reactive ketones (excluding diaryl/α,β-unsaturated/α-hetero) is 1. The number of hydrogen-bond donors (Lipinski definition) is 1. The van der Waals surface area contributed by atoms with Crippen molar-refractivity contribution in [2.75, 3.05) is 6.54 Å². The number of amides is 1. The van der Waals surface area contributed by atoms with E-state index >= 15 is 0 Å². The van der Waals surface area contributed by atoms with Crippen LogP contribution in [-0.2, 0) is 22.4 Å². The lowest BCUT2D eigenvalue weighted by molar-refractivity contribution is -0.124. The topological polar surface area (TPSA) is 72.0 Å². The van der Waals surface area contributed by atoms with Gasteiger partial charge < -0.3 is 5.32 Å². The molecule has 2 aromatic heterocycles. The molecule has 1 amide bonds. The molecule has 1 N–H and O–H groups in total. The Morgan fingerprint density at radius 2 is 1.79 bits per heavy atom. The van der Waals surface area contributed by atoms with E-state index in [1.54, 1.807) is 18.5 Å². The molecule has 0 spiro atoms. The molecule has 2 aromatic carbocycles. The molecule has 144 valence electrons. The number of carbonyl (C=O) groups is 2. The summed E-state index contributed by atoms with van der Waals surface area (Å²) in [5.41, 5.74) is 3.99. The van der Waals surface area contributed by atoms with Gasteiger partial charge in [0.1, 0.15) is 5.01 Å². The predicted octanol–water partition coefficient (Wildman–Crippen LogP) is 3.83. The second kappa shape index (κ2) is 8.75. The van der Waals surface area contributed by atoms with Crippen LogP contribution >= 0.6 is 11.3 Å². The lowest BCUT2D eigenvalue weighted by Crippen LogP contribution is -2.31. The molecule has 4 aromatic rings. The number of pyridine rings is 1. The van der Waals surface area contributed by atoms with Gasteiger partial charge in [0.15, 0.2) is 5.78 Å². The van der Waals surface area contributed by atoms with Gasteiger partial charge in [0.05, 0.1) is 23.2 Å². The van der Waals surface area contributed by atoms with Gasteiger partial charge in [0, 0.05) is 18.8 Å². The zero-order valence-corrected chi connectivity index (χ0v) is 16.5. The molecule has 0 radical (unpaired) electrons. The van der Waals surface area contributed by atoms with E-state index in [2.05, 4.69) is 33.5 Å². The number of carbonyl (C=O) groups excluding carboxylic acids is 2. The van der Waals surface area contributed by atoms with E-state index in [1.165, 1.54) is 11.3 Å². The molecule has 0 bridgehead atoms. The molecule has 0 saturated heterocycles. The fraction of sp³-hybridized carbons (Fsp3) is 0.130. The first kappa shape index (κ1) is 19.0. The van der Waals surface area contributed by atoms with Gasteiger partial charge >= 0.3 is 0 Å². The molecule has 5 nitrogen and oxygen atoms in total. The molecule has 0 aliphatic carbocycles.